The van der Waals surface area contributed by atoms with E-state index < -0.39 is 11.7 Å². The van der Waals surface area contributed by atoms with E-state index in [-0.39, 0.29) is 0 Å². The molecule has 4 nitrogen and oxygen atoms in total. The molecule has 0 aliphatic carbocycles. The number of carbonyl (C=O) groups is 1. The highest BCUT2D eigenvalue weighted by atomic mass is 35.5. The third-order valence-electron chi connectivity index (χ3n) is 1.75. The van der Waals surface area contributed by atoms with Gasteiger partial charge in [-0.3, -0.25) is 0 Å². The van der Waals surface area contributed by atoms with Crippen molar-refractivity contribution in [3.05, 3.63) is 33.8 Å². The van der Waals surface area contributed by atoms with Crippen molar-refractivity contribution in [2.75, 3.05) is 0 Å². The zero-order valence-corrected chi connectivity index (χ0v) is 11.8. The van der Waals surface area contributed by atoms with E-state index in [1.54, 1.807) is 39.0 Å². The highest BCUT2D eigenvalue weighted by molar-refractivity contribution is 6.38. The lowest BCUT2D eigenvalue weighted by molar-refractivity contribution is 0.0529. The molecule has 0 bridgehead atoms. The van der Waals surface area contributed by atoms with E-state index in [0.717, 1.165) is 0 Å². The first-order chi connectivity index (χ1) is 8.29. The molecule has 1 aromatic rings. The quantitative estimate of drug-likeness (QED) is 0.664. The largest absolute Gasteiger partial charge is 0.443 e. The second-order valence-electron chi connectivity index (χ2n) is 4.51. The number of rotatable bonds is 2. The number of nitrogens with zero attached hydrogens (tertiary/aromatic N) is 1. The van der Waals surface area contributed by atoms with Gasteiger partial charge in [0.25, 0.3) is 0 Å². The van der Waals surface area contributed by atoms with Crippen molar-refractivity contribution in [3.63, 3.8) is 0 Å². The molecule has 1 aromatic carbocycles. The van der Waals surface area contributed by atoms with Crippen LogP contribution >= 0.6 is 23.2 Å². The van der Waals surface area contributed by atoms with Crippen molar-refractivity contribution in [1.29, 1.82) is 0 Å². The molecule has 0 unspecified atom stereocenters. The van der Waals surface area contributed by atoms with Crippen LogP contribution in [0.2, 0.25) is 10.0 Å². The fourth-order valence-corrected chi connectivity index (χ4v) is 1.58. The third kappa shape index (κ3) is 4.94. The van der Waals surface area contributed by atoms with E-state index in [9.17, 15) is 4.79 Å². The molecule has 0 saturated carbocycles. The van der Waals surface area contributed by atoms with Crippen LogP contribution in [0.25, 0.3) is 0 Å². The van der Waals surface area contributed by atoms with E-state index in [1.165, 1.54) is 6.21 Å². The van der Waals surface area contributed by atoms with Crippen LogP contribution in [0.1, 0.15) is 26.3 Å². The summed E-state index contributed by atoms with van der Waals surface area (Å²) < 4.78 is 5.01. The standard InChI is InChI=1S/C12H14Cl2N2O2/c1-12(2,3)18-11(17)16-15-7-8-9(13)5-4-6-10(8)14/h4-7H,1-3H3,(H,16,17)/b15-7-. The van der Waals surface area contributed by atoms with Gasteiger partial charge >= 0.3 is 6.09 Å². The normalized spacial score (nSPS) is 11.6. The Morgan fingerprint density at radius 1 is 1.33 bits per heavy atom. The molecule has 1 amide bonds. The molecule has 0 aromatic heterocycles. The maximum Gasteiger partial charge on any atom is 0.428 e. The van der Waals surface area contributed by atoms with Gasteiger partial charge in [-0.05, 0) is 32.9 Å². The van der Waals surface area contributed by atoms with Gasteiger partial charge in [0, 0.05) is 5.56 Å². The van der Waals surface area contributed by atoms with E-state index >= 15 is 0 Å². The van der Waals surface area contributed by atoms with E-state index in [4.69, 9.17) is 27.9 Å². The van der Waals surface area contributed by atoms with Gasteiger partial charge in [-0.2, -0.15) is 5.10 Å². The summed E-state index contributed by atoms with van der Waals surface area (Å²) in [6.07, 6.45) is 0.733. The molecule has 0 spiro atoms. The summed E-state index contributed by atoms with van der Waals surface area (Å²) in [4.78, 5) is 11.3. The van der Waals surface area contributed by atoms with Gasteiger partial charge in [0.15, 0.2) is 0 Å². The zero-order valence-electron chi connectivity index (χ0n) is 10.3. The first kappa shape index (κ1) is 14.8. The Kier molecular flexibility index (Phi) is 4.99. The predicted octanol–water partition coefficient (Wildman–Crippen LogP) is 3.85. The van der Waals surface area contributed by atoms with Crippen LogP contribution in [0, 0.1) is 0 Å². The second kappa shape index (κ2) is 6.07. The maximum atomic E-state index is 11.3. The fraction of sp³-hybridized carbons (Fsp3) is 0.333. The Hall–Kier alpha value is -1.26. The Balaban J connectivity index is 2.63. The molecule has 1 N–H and O–H groups in total. The number of carbonyl (C=O) groups excluding carboxylic acids is 1. The lowest BCUT2D eigenvalue weighted by Gasteiger charge is -2.18. The summed E-state index contributed by atoms with van der Waals surface area (Å²) in [5, 5.41) is 4.64. The highest BCUT2D eigenvalue weighted by Crippen LogP contribution is 2.21. The number of hydrogen-bond acceptors (Lipinski definition) is 3. The average Bonchev–Trinajstić information content (AvgIpc) is 2.19. The summed E-state index contributed by atoms with van der Waals surface area (Å²) in [5.41, 5.74) is 2.20. The molecule has 0 radical (unpaired) electrons. The zero-order chi connectivity index (χ0) is 13.8. The molecular formula is C12H14Cl2N2O2. The van der Waals surface area contributed by atoms with Crippen molar-refractivity contribution in [3.8, 4) is 0 Å². The minimum atomic E-state index is -0.637. The van der Waals surface area contributed by atoms with Crippen LogP contribution in [-0.2, 0) is 4.74 Å². The van der Waals surface area contributed by atoms with Gasteiger partial charge in [-0.15, -0.1) is 0 Å². The van der Waals surface area contributed by atoms with Crippen LogP contribution in [0.5, 0.6) is 0 Å². The van der Waals surface area contributed by atoms with Crippen molar-refractivity contribution >= 4 is 35.5 Å². The van der Waals surface area contributed by atoms with Gasteiger partial charge in [0.05, 0.1) is 16.3 Å². The molecule has 0 aliphatic heterocycles. The number of hydrogen-bond donors (Lipinski definition) is 1. The van der Waals surface area contributed by atoms with Crippen LogP contribution in [0.15, 0.2) is 23.3 Å². The Morgan fingerprint density at radius 2 is 1.89 bits per heavy atom. The number of ether oxygens (including phenoxy) is 1. The number of halogens is 2. The minimum absolute atomic E-state index is 0.456. The molecule has 1 rings (SSSR count). The molecule has 6 heteroatoms. The van der Waals surface area contributed by atoms with Gasteiger partial charge < -0.3 is 4.74 Å². The van der Waals surface area contributed by atoms with Crippen LogP contribution < -0.4 is 5.43 Å². The summed E-state index contributed by atoms with van der Waals surface area (Å²) >= 11 is 11.9. The first-order valence-corrected chi connectivity index (χ1v) is 6.01. The SMILES string of the molecule is CC(C)(C)OC(=O)N/N=C\c1c(Cl)cccc1Cl. The molecule has 0 fully saturated rings. The van der Waals surface area contributed by atoms with Crippen molar-refractivity contribution < 1.29 is 9.53 Å². The minimum Gasteiger partial charge on any atom is -0.443 e. The van der Waals surface area contributed by atoms with Gasteiger partial charge in [0.1, 0.15) is 5.60 Å². The fourth-order valence-electron chi connectivity index (χ4n) is 1.08. The molecule has 98 valence electrons. The van der Waals surface area contributed by atoms with Gasteiger partial charge in [-0.1, -0.05) is 29.3 Å². The predicted molar refractivity (Wildman–Crippen MR) is 73.4 cm³/mol. The second-order valence-corrected chi connectivity index (χ2v) is 5.32. The van der Waals surface area contributed by atoms with E-state index in [1.807, 2.05) is 0 Å². The number of amides is 1. The number of hydrazone groups is 1. The average molecular weight is 289 g/mol. The smallest absolute Gasteiger partial charge is 0.428 e. The summed E-state index contributed by atoms with van der Waals surface area (Å²) in [6, 6.07) is 5.09. The number of nitrogens with one attached hydrogen (secondary N) is 1. The topological polar surface area (TPSA) is 50.7 Å². The van der Waals surface area contributed by atoms with E-state index in [2.05, 4.69) is 10.5 Å². The van der Waals surface area contributed by atoms with E-state index in [0.29, 0.717) is 15.6 Å². The molecule has 0 heterocycles. The van der Waals surface area contributed by atoms with Gasteiger partial charge in [0.2, 0.25) is 0 Å². The Morgan fingerprint density at radius 3 is 2.39 bits per heavy atom. The van der Waals surface area contributed by atoms with Crippen molar-refractivity contribution in [1.82, 2.24) is 5.43 Å². The Bertz CT molecular complexity index is 447. The van der Waals surface area contributed by atoms with Gasteiger partial charge in [-0.25, -0.2) is 10.2 Å². The third-order valence-corrected chi connectivity index (χ3v) is 2.41. The summed E-state index contributed by atoms with van der Waals surface area (Å²) in [5.74, 6) is 0. The monoisotopic (exact) mass is 288 g/mol. The molecule has 0 saturated heterocycles. The molecule has 0 aliphatic rings. The Labute approximate surface area is 116 Å². The summed E-state index contributed by atoms with van der Waals surface area (Å²) in [7, 11) is 0. The van der Waals surface area contributed by atoms with Crippen molar-refractivity contribution in [2.24, 2.45) is 5.10 Å². The lowest BCUT2D eigenvalue weighted by Crippen LogP contribution is -2.29. The summed E-state index contributed by atoms with van der Waals surface area (Å²) in [6.45, 7) is 5.30. The lowest BCUT2D eigenvalue weighted by atomic mass is 10.2. The highest BCUT2D eigenvalue weighted by Gasteiger charge is 2.15. The molecular weight excluding hydrogens is 275 g/mol. The number of benzene rings is 1. The first-order valence-electron chi connectivity index (χ1n) is 5.25. The molecule has 0 atom stereocenters. The van der Waals surface area contributed by atoms with Crippen LogP contribution in [0.3, 0.4) is 0 Å². The van der Waals surface area contributed by atoms with Crippen molar-refractivity contribution in [2.45, 2.75) is 26.4 Å². The molecule has 18 heavy (non-hydrogen) atoms. The maximum absolute atomic E-state index is 11.3. The van der Waals surface area contributed by atoms with Crippen LogP contribution in [0.4, 0.5) is 4.79 Å². The van der Waals surface area contributed by atoms with Crippen LogP contribution in [-0.4, -0.2) is 17.9 Å².